The molecular weight excluding hydrogens is 586 g/mol. The molecule has 3 aliphatic rings. The van der Waals surface area contributed by atoms with Crippen molar-refractivity contribution in [3.63, 3.8) is 0 Å². The molecule has 1 N–H and O–H groups in total. The first-order valence-corrected chi connectivity index (χ1v) is 16.1. The average molecular weight is 626 g/mol. The number of amidine groups is 1. The summed E-state index contributed by atoms with van der Waals surface area (Å²) in [7, 11) is 4.48. The average Bonchev–Trinajstić information content (AvgIpc) is 3.29. The number of carbonyl (C=O) groups excluding carboxylic acids is 2. The Morgan fingerprint density at radius 3 is 2.40 bits per heavy atom. The summed E-state index contributed by atoms with van der Waals surface area (Å²) in [5.41, 5.74) is 3.24. The zero-order chi connectivity index (χ0) is 30.9. The van der Waals surface area contributed by atoms with Crippen molar-refractivity contribution in [1.82, 2.24) is 9.88 Å². The molecule has 1 aliphatic heterocycles. The van der Waals surface area contributed by atoms with E-state index in [9.17, 15) is 9.59 Å². The van der Waals surface area contributed by atoms with Crippen LogP contribution in [0.4, 0.5) is 0 Å². The summed E-state index contributed by atoms with van der Waals surface area (Å²) in [5, 5.41) is 4.84. The molecule has 0 bridgehead atoms. The van der Waals surface area contributed by atoms with Gasteiger partial charge in [0.15, 0.2) is 5.17 Å². The molecule has 1 amide bonds. The molecule has 2 aliphatic carbocycles. The van der Waals surface area contributed by atoms with Crippen molar-refractivity contribution in [2.75, 3.05) is 27.1 Å². The molecular formula is C33H40ClN3O5S. The number of hydrogen-bond acceptors (Lipinski definition) is 7. The highest BCUT2D eigenvalue weighted by atomic mass is 35.5. The van der Waals surface area contributed by atoms with Gasteiger partial charge in [-0.3, -0.25) is 14.9 Å². The Morgan fingerprint density at radius 1 is 1.09 bits per heavy atom. The quantitative estimate of drug-likeness (QED) is 0.283. The fraction of sp³-hybridized carbons (Fsp3) is 0.485. The summed E-state index contributed by atoms with van der Waals surface area (Å²) in [5.74, 6) is 3.39. The number of thioether (sulfide) groups is 1. The van der Waals surface area contributed by atoms with E-state index in [1.54, 1.807) is 44.1 Å². The number of nitrogens with one attached hydrogen (secondary N) is 1. The smallest absolute Gasteiger partial charge is 0.325 e. The Bertz CT molecular complexity index is 1580. The summed E-state index contributed by atoms with van der Waals surface area (Å²) < 4.78 is 17.6. The number of aromatic nitrogens is 1. The van der Waals surface area contributed by atoms with E-state index >= 15 is 0 Å². The molecule has 0 radical (unpaired) electrons. The van der Waals surface area contributed by atoms with Crippen LogP contribution >= 0.6 is 23.4 Å². The van der Waals surface area contributed by atoms with Crippen LogP contribution in [-0.4, -0.2) is 48.7 Å². The first kappa shape index (κ1) is 31.3. The van der Waals surface area contributed by atoms with Gasteiger partial charge in [0.1, 0.15) is 29.3 Å². The molecule has 2 aromatic carbocycles. The van der Waals surface area contributed by atoms with Gasteiger partial charge < -0.3 is 18.8 Å². The van der Waals surface area contributed by atoms with E-state index in [0.717, 1.165) is 27.6 Å². The van der Waals surface area contributed by atoms with Crippen molar-refractivity contribution < 1.29 is 23.8 Å². The maximum Gasteiger partial charge on any atom is 0.325 e. The van der Waals surface area contributed by atoms with E-state index in [1.807, 2.05) is 45.0 Å². The summed E-state index contributed by atoms with van der Waals surface area (Å²) >= 11 is 7.78. The lowest BCUT2D eigenvalue weighted by Gasteiger charge is -2.26. The van der Waals surface area contributed by atoms with Gasteiger partial charge in [-0.15, -0.1) is 0 Å². The van der Waals surface area contributed by atoms with Crippen molar-refractivity contribution in [2.24, 2.45) is 16.8 Å². The largest absolute Gasteiger partial charge is 0.496 e. The Balaban J connectivity index is 0.000000537. The van der Waals surface area contributed by atoms with E-state index in [1.165, 1.54) is 37.1 Å². The molecule has 2 heterocycles. The summed E-state index contributed by atoms with van der Waals surface area (Å²) in [6.45, 7) is 5.84. The highest BCUT2D eigenvalue weighted by Crippen LogP contribution is 2.51. The summed E-state index contributed by atoms with van der Waals surface area (Å²) in [6, 6.07) is 9.46. The Kier molecular flexibility index (Phi) is 9.32. The van der Waals surface area contributed by atoms with Crippen molar-refractivity contribution in [3.8, 4) is 11.5 Å². The number of ether oxygens (including phenoxy) is 3. The lowest BCUT2D eigenvalue weighted by Crippen LogP contribution is -2.31. The maximum atomic E-state index is 13.6. The number of carbonyl (C=O) groups is 2. The topological polar surface area (TPSA) is 91.2 Å². The number of amides is 1. The fourth-order valence-corrected chi connectivity index (χ4v) is 7.78. The molecule has 0 saturated heterocycles. The number of fused-ring (bicyclic) bond motifs is 2. The minimum absolute atomic E-state index is 0.0764. The van der Waals surface area contributed by atoms with Crippen molar-refractivity contribution in [3.05, 3.63) is 57.7 Å². The maximum absolute atomic E-state index is 13.6. The van der Waals surface area contributed by atoms with Gasteiger partial charge in [-0.2, -0.15) is 0 Å². The predicted molar refractivity (Wildman–Crippen MR) is 173 cm³/mol. The van der Waals surface area contributed by atoms with E-state index in [0.29, 0.717) is 39.6 Å². The Labute approximate surface area is 262 Å². The number of rotatable bonds is 7. The van der Waals surface area contributed by atoms with Crippen LogP contribution in [0.2, 0.25) is 5.02 Å². The lowest BCUT2D eigenvalue weighted by atomic mass is 9.89. The fourth-order valence-electron chi connectivity index (χ4n) is 6.35. The number of methoxy groups -OCH3 is 3. The van der Waals surface area contributed by atoms with Crippen LogP contribution in [0.3, 0.4) is 0 Å². The molecule has 8 nitrogen and oxygen atoms in total. The number of aryl methyl sites for hydroxylation is 2. The van der Waals surface area contributed by atoms with Gasteiger partial charge in [0.05, 0.1) is 26.4 Å². The molecule has 10 heteroatoms. The second kappa shape index (κ2) is 12.8. The third kappa shape index (κ3) is 6.25. The third-order valence-corrected chi connectivity index (χ3v) is 10.3. The number of hydrogen-bond donors (Lipinski definition) is 1. The minimum Gasteiger partial charge on any atom is -0.496 e. The van der Waals surface area contributed by atoms with Crippen LogP contribution in [-0.2, 0) is 21.6 Å². The third-order valence-electron chi connectivity index (χ3n) is 8.96. The number of nitrogens with zero attached hydrogens (tertiary/aromatic N) is 2. The number of esters is 1. The second-order valence-electron chi connectivity index (χ2n) is 11.6. The van der Waals surface area contributed by atoms with E-state index < -0.39 is 11.5 Å². The molecule has 2 fully saturated rings. The van der Waals surface area contributed by atoms with E-state index in [4.69, 9.17) is 30.8 Å². The van der Waals surface area contributed by atoms with Crippen molar-refractivity contribution >= 4 is 51.3 Å². The van der Waals surface area contributed by atoms with Gasteiger partial charge in [-0.25, -0.2) is 4.99 Å². The number of benzene rings is 2. The standard InChI is InChI=1S/C27H30ClN3O5S.C6H10/c1-7-27(18-11-22(35-5)19(28)12-21(18)34-4)14-37-26(30-27)29-25(33)24-16(3)17-10-15(2)8-9-20(17)31(24)13-23(32)36-6;1-2-5-4-6(5)3-1/h8-12H,7,13-14H2,1-6H3,(H,29,30,33);5-6H,1-4H2. The van der Waals surface area contributed by atoms with Gasteiger partial charge in [-0.1, -0.05) is 61.2 Å². The first-order valence-electron chi connectivity index (χ1n) is 14.8. The predicted octanol–water partition coefficient (Wildman–Crippen LogP) is 7.05. The van der Waals surface area contributed by atoms with E-state index in [2.05, 4.69) is 5.32 Å². The molecule has 3 unspecified atom stereocenters. The lowest BCUT2D eigenvalue weighted by molar-refractivity contribution is -0.141. The molecule has 43 heavy (non-hydrogen) atoms. The van der Waals surface area contributed by atoms with Crippen LogP contribution < -0.4 is 14.8 Å². The zero-order valence-electron chi connectivity index (χ0n) is 25.7. The molecule has 6 rings (SSSR count). The highest BCUT2D eigenvalue weighted by Gasteiger charge is 2.41. The Hall–Kier alpha value is -3.17. The van der Waals surface area contributed by atoms with Crippen LogP contribution in [0.25, 0.3) is 10.9 Å². The summed E-state index contributed by atoms with van der Waals surface area (Å²) in [4.78, 5) is 30.8. The molecule has 1 aromatic heterocycles. The first-order chi connectivity index (χ1) is 20.6. The molecule has 3 aromatic rings. The van der Waals surface area contributed by atoms with E-state index in [-0.39, 0.29) is 12.5 Å². The van der Waals surface area contributed by atoms with Gasteiger partial charge in [-0.05, 0) is 62.3 Å². The van der Waals surface area contributed by atoms with Gasteiger partial charge >= 0.3 is 5.97 Å². The SMILES string of the molecule is C1CC2CC2C1.CCC1(c2cc(OC)c(Cl)cc2OC)CSC(NC(=O)c2c(C)c3cc(C)ccc3n2CC(=O)OC)=N1. The van der Waals surface area contributed by atoms with Gasteiger partial charge in [0.25, 0.3) is 5.91 Å². The monoisotopic (exact) mass is 625 g/mol. The molecule has 0 spiro atoms. The normalized spacial score (nSPS) is 21.9. The zero-order valence-corrected chi connectivity index (χ0v) is 27.3. The van der Waals surface area contributed by atoms with Crippen LogP contribution in [0, 0.1) is 25.7 Å². The minimum atomic E-state index is -0.638. The second-order valence-corrected chi connectivity index (χ2v) is 12.9. The van der Waals surface area contributed by atoms with Crippen LogP contribution in [0.5, 0.6) is 11.5 Å². The summed E-state index contributed by atoms with van der Waals surface area (Å²) in [6.07, 6.45) is 6.91. The molecule has 230 valence electrons. The van der Waals surface area contributed by atoms with Crippen LogP contribution in [0.1, 0.15) is 66.2 Å². The molecule has 3 atom stereocenters. The highest BCUT2D eigenvalue weighted by molar-refractivity contribution is 8.14. The number of halogens is 1. The van der Waals surface area contributed by atoms with Crippen molar-refractivity contribution in [1.29, 1.82) is 0 Å². The molecule has 2 saturated carbocycles. The van der Waals surface area contributed by atoms with Gasteiger partial charge in [0, 0.05) is 28.3 Å². The van der Waals surface area contributed by atoms with Crippen LogP contribution in [0.15, 0.2) is 35.3 Å². The Morgan fingerprint density at radius 2 is 1.81 bits per heavy atom. The van der Waals surface area contributed by atoms with Crippen molar-refractivity contribution in [2.45, 2.75) is 65.0 Å². The van der Waals surface area contributed by atoms with Gasteiger partial charge in [0.2, 0.25) is 0 Å². The number of aliphatic imine (C=N–C) groups is 1.